The van der Waals surface area contributed by atoms with Gasteiger partial charge < -0.3 is 10.5 Å². The van der Waals surface area contributed by atoms with Crippen LogP contribution in [0.4, 0.5) is 4.39 Å². The van der Waals surface area contributed by atoms with Crippen molar-refractivity contribution in [2.75, 3.05) is 0 Å². The Kier molecular flexibility index (Phi) is 3.57. The van der Waals surface area contributed by atoms with E-state index in [4.69, 9.17) is 10.5 Å². The molecular formula is C15H13FN2O2. The Balaban J connectivity index is 2.64. The molecule has 0 saturated carbocycles. The number of nitrogens with two attached hydrogens (primary N) is 1. The van der Waals surface area contributed by atoms with E-state index >= 15 is 0 Å². The Morgan fingerprint density at radius 2 is 2.00 bits per heavy atom. The van der Waals surface area contributed by atoms with Crippen LogP contribution in [0.15, 0.2) is 47.1 Å². The molecule has 102 valence electrons. The second-order valence-electron chi connectivity index (χ2n) is 4.50. The number of Topliss-reactive ketones (excluding diaryl/α,β-unsaturated/α-hetero) is 1. The summed E-state index contributed by atoms with van der Waals surface area (Å²) in [5.41, 5.74) is 6.86. The van der Waals surface area contributed by atoms with Crippen molar-refractivity contribution in [3.05, 3.63) is 58.4 Å². The first-order valence-corrected chi connectivity index (χ1v) is 6.00. The molecule has 1 aromatic carbocycles. The number of halogens is 1. The summed E-state index contributed by atoms with van der Waals surface area (Å²) < 4.78 is 18.3. The first-order chi connectivity index (χ1) is 9.45. The number of nitriles is 1. The topological polar surface area (TPSA) is 76.1 Å². The summed E-state index contributed by atoms with van der Waals surface area (Å²) in [7, 11) is 0. The van der Waals surface area contributed by atoms with Crippen molar-refractivity contribution in [1.82, 2.24) is 0 Å². The quantitative estimate of drug-likeness (QED) is 0.897. The van der Waals surface area contributed by atoms with Crippen molar-refractivity contribution >= 4 is 5.78 Å². The molecule has 2 rings (SSSR count). The first kappa shape index (κ1) is 13.8. The van der Waals surface area contributed by atoms with Crippen LogP contribution in [0.25, 0.3) is 0 Å². The predicted octanol–water partition coefficient (Wildman–Crippen LogP) is 2.50. The summed E-state index contributed by atoms with van der Waals surface area (Å²) in [4.78, 5) is 11.8. The van der Waals surface area contributed by atoms with Crippen LogP contribution in [0, 0.1) is 17.1 Å². The maximum absolute atomic E-state index is 13.0. The van der Waals surface area contributed by atoms with Gasteiger partial charge in [0.25, 0.3) is 0 Å². The number of hydrogen-bond acceptors (Lipinski definition) is 4. The molecule has 0 spiro atoms. The molecule has 0 aromatic heterocycles. The van der Waals surface area contributed by atoms with Gasteiger partial charge >= 0.3 is 0 Å². The van der Waals surface area contributed by atoms with Crippen LogP contribution in [0.3, 0.4) is 0 Å². The number of ether oxygens (including phenoxy) is 1. The Morgan fingerprint density at radius 3 is 2.50 bits per heavy atom. The van der Waals surface area contributed by atoms with Crippen molar-refractivity contribution in [2.45, 2.75) is 19.8 Å². The highest BCUT2D eigenvalue weighted by Crippen LogP contribution is 2.39. The average Bonchev–Trinajstić information content (AvgIpc) is 2.38. The highest BCUT2D eigenvalue weighted by Gasteiger charge is 2.33. The molecule has 5 heteroatoms. The molecule has 0 radical (unpaired) electrons. The zero-order valence-electron chi connectivity index (χ0n) is 11.1. The molecule has 0 fully saturated rings. The largest absolute Gasteiger partial charge is 0.445 e. The number of hydrogen-bond donors (Lipinski definition) is 1. The van der Waals surface area contributed by atoms with Crippen molar-refractivity contribution in [1.29, 1.82) is 5.26 Å². The lowest BCUT2D eigenvalue weighted by molar-refractivity contribution is -0.114. The Labute approximate surface area is 116 Å². The third-order valence-corrected chi connectivity index (χ3v) is 3.19. The summed E-state index contributed by atoms with van der Waals surface area (Å²) in [6.45, 7) is 3.02. The van der Waals surface area contributed by atoms with Gasteiger partial charge in [0.2, 0.25) is 5.88 Å². The zero-order chi connectivity index (χ0) is 14.9. The van der Waals surface area contributed by atoms with Gasteiger partial charge in [-0.15, -0.1) is 0 Å². The van der Waals surface area contributed by atoms with Crippen LogP contribution < -0.4 is 5.73 Å². The van der Waals surface area contributed by atoms with Crippen LogP contribution in [-0.2, 0) is 9.53 Å². The molecule has 1 aliphatic rings. The molecule has 20 heavy (non-hydrogen) atoms. The monoisotopic (exact) mass is 272 g/mol. The fraction of sp³-hybridized carbons (Fsp3) is 0.200. The van der Waals surface area contributed by atoms with Crippen molar-refractivity contribution in [2.24, 2.45) is 5.73 Å². The minimum atomic E-state index is -0.619. The number of ketones is 1. The van der Waals surface area contributed by atoms with Crippen LogP contribution in [0.5, 0.6) is 0 Å². The van der Waals surface area contributed by atoms with E-state index in [-0.39, 0.29) is 23.1 Å². The molecule has 0 bridgehead atoms. The molecule has 1 unspecified atom stereocenters. The molecule has 2 N–H and O–H groups in total. The molecule has 1 heterocycles. The number of carbonyl (C=O) groups excluding carboxylic acids is 1. The maximum atomic E-state index is 13.0. The van der Waals surface area contributed by atoms with Gasteiger partial charge in [-0.2, -0.15) is 5.26 Å². The second-order valence-corrected chi connectivity index (χ2v) is 4.50. The van der Waals surface area contributed by atoms with Gasteiger partial charge in [-0.05, 0) is 31.5 Å². The highest BCUT2D eigenvalue weighted by atomic mass is 19.1. The lowest BCUT2D eigenvalue weighted by Crippen LogP contribution is -2.23. The summed E-state index contributed by atoms with van der Waals surface area (Å²) in [5.74, 6) is -0.877. The van der Waals surface area contributed by atoms with Crippen LogP contribution in [-0.4, -0.2) is 5.78 Å². The number of allylic oxidation sites excluding steroid dienone is 3. The number of nitrogens with zero attached hydrogens (tertiary/aromatic N) is 1. The van der Waals surface area contributed by atoms with Gasteiger partial charge in [-0.3, -0.25) is 4.79 Å². The van der Waals surface area contributed by atoms with E-state index in [1.54, 1.807) is 6.92 Å². The number of benzene rings is 1. The van der Waals surface area contributed by atoms with Crippen molar-refractivity contribution < 1.29 is 13.9 Å². The van der Waals surface area contributed by atoms with Gasteiger partial charge in [0.15, 0.2) is 5.78 Å². The molecule has 1 aliphatic heterocycles. The van der Waals surface area contributed by atoms with E-state index in [0.717, 1.165) is 0 Å². The fourth-order valence-electron chi connectivity index (χ4n) is 2.32. The first-order valence-electron chi connectivity index (χ1n) is 6.00. The van der Waals surface area contributed by atoms with E-state index in [2.05, 4.69) is 0 Å². The standard InChI is InChI=1S/C15H13FN2O2/c1-8(19)13-9(2)20-15(18)12(7-17)14(13)10-3-5-11(16)6-4-10/h3-6,14H,18H2,1-2H3. The minimum absolute atomic E-state index is 0.0238. The Hall–Kier alpha value is -2.61. The molecule has 0 saturated heterocycles. The van der Waals surface area contributed by atoms with Crippen LogP contribution in [0.2, 0.25) is 0 Å². The summed E-state index contributed by atoms with van der Waals surface area (Å²) in [6, 6.07) is 7.60. The number of rotatable bonds is 2. The third kappa shape index (κ3) is 2.28. The summed E-state index contributed by atoms with van der Waals surface area (Å²) in [6.07, 6.45) is 0. The fourth-order valence-corrected chi connectivity index (χ4v) is 2.32. The van der Waals surface area contributed by atoms with E-state index in [1.165, 1.54) is 31.2 Å². The third-order valence-electron chi connectivity index (χ3n) is 3.19. The van der Waals surface area contributed by atoms with Crippen LogP contribution >= 0.6 is 0 Å². The van der Waals surface area contributed by atoms with E-state index in [1.807, 2.05) is 6.07 Å². The highest BCUT2D eigenvalue weighted by molar-refractivity contribution is 5.96. The Bertz CT molecular complexity index is 666. The normalized spacial score (nSPS) is 18.6. The minimum Gasteiger partial charge on any atom is -0.445 e. The molecule has 0 aliphatic carbocycles. The van der Waals surface area contributed by atoms with Crippen LogP contribution in [0.1, 0.15) is 25.3 Å². The lowest BCUT2D eigenvalue weighted by atomic mass is 9.81. The molecule has 1 aromatic rings. The van der Waals surface area contributed by atoms with Gasteiger partial charge in [0.1, 0.15) is 23.2 Å². The van der Waals surface area contributed by atoms with E-state index in [9.17, 15) is 14.4 Å². The smallest absolute Gasteiger partial charge is 0.205 e. The molecule has 1 atom stereocenters. The van der Waals surface area contributed by atoms with Gasteiger partial charge in [-0.1, -0.05) is 12.1 Å². The lowest BCUT2D eigenvalue weighted by Gasteiger charge is -2.26. The van der Waals surface area contributed by atoms with Crippen molar-refractivity contribution in [3.63, 3.8) is 0 Å². The number of carbonyl (C=O) groups is 1. The Morgan fingerprint density at radius 1 is 1.40 bits per heavy atom. The average molecular weight is 272 g/mol. The maximum Gasteiger partial charge on any atom is 0.205 e. The zero-order valence-corrected chi connectivity index (χ0v) is 11.1. The summed E-state index contributed by atoms with van der Waals surface area (Å²) >= 11 is 0. The van der Waals surface area contributed by atoms with E-state index < -0.39 is 5.92 Å². The van der Waals surface area contributed by atoms with Gasteiger partial charge in [0.05, 0.1) is 5.92 Å². The molecule has 0 amide bonds. The van der Waals surface area contributed by atoms with E-state index in [0.29, 0.717) is 16.9 Å². The summed E-state index contributed by atoms with van der Waals surface area (Å²) in [5, 5.41) is 9.26. The van der Waals surface area contributed by atoms with Gasteiger partial charge in [0, 0.05) is 5.57 Å². The van der Waals surface area contributed by atoms with Crippen molar-refractivity contribution in [3.8, 4) is 6.07 Å². The second kappa shape index (κ2) is 5.17. The molecule has 4 nitrogen and oxygen atoms in total. The molecular weight excluding hydrogens is 259 g/mol. The predicted molar refractivity (Wildman–Crippen MR) is 70.4 cm³/mol. The SMILES string of the molecule is CC(=O)C1=C(C)OC(N)=C(C#N)C1c1ccc(F)cc1. The van der Waals surface area contributed by atoms with Gasteiger partial charge in [-0.25, -0.2) is 4.39 Å².